The first-order valence-corrected chi connectivity index (χ1v) is 6.47. The molecule has 19 heavy (non-hydrogen) atoms. The van der Waals surface area contributed by atoms with E-state index in [9.17, 15) is 4.79 Å². The number of aromatic nitrogens is 3. The van der Waals surface area contributed by atoms with Crippen LogP contribution in [-0.4, -0.2) is 21.5 Å². The number of rotatable bonds is 2. The summed E-state index contributed by atoms with van der Waals surface area (Å²) in [6.07, 6.45) is 7.26. The molecule has 1 N–H and O–H groups in total. The Hall–Kier alpha value is -2.17. The van der Waals surface area contributed by atoms with Crippen LogP contribution in [0.5, 0.6) is 0 Å². The molecular formula is C14H16N4O. The Bertz CT molecular complexity index is 623. The second-order valence-corrected chi connectivity index (χ2v) is 4.87. The molecule has 1 atom stereocenters. The average molecular weight is 256 g/mol. The molecule has 3 rings (SSSR count). The minimum Gasteiger partial charge on any atom is -0.361 e. The highest BCUT2D eigenvalue weighted by Gasteiger charge is 2.28. The van der Waals surface area contributed by atoms with E-state index < -0.39 is 0 Å². The maximum absolute atomic E-state index is 11.6. The Labute approximate surface area is 111 Å². The molecule has 3 heterocycles. The summed E-state index contributed by atoms with van der Waals surface area (Å²) < 4.78 is 0. The molecule has 1 aliphatic rings. The van der Waals surface area contributed by atoms with Gasteiger partial charge < -0.3 is 9.88 Å². The number of hydrogen-bond acceptors (Lipinski definition) is 4. The van der Waals surface area contributed by atoms with Crippen LogP contribution in [0.2, 0.25) is 0 Å². The number of aromatic amines is 1. The summed E-state index contributed by atoms with van der Waals surface area (Å²) in [5.74, 6) is 0.868. The molecule has 0 aliphatic carbocycles. The number of pyridine rings is 1. The van der Waals surface area contributed by atoms with Crippen molar-refractivity contribution in [1.82, 2.24) is 15.0 Å². The Kier molecular flexibility index (Phi) is 3.03. The van der Waals surface area contributed by atoms with Gasteiger partial charge in [-0.05, 0) is 19.8 Å². The van der Waals surface area contributed by atoms with E-state index in [-0.39, 0.29) is 11.5 Å². The molecule has 0 amide bonds. The second kappa shape index (κ2) is 4.84. The maximum Gasteiger partial charge on any atom is 0.182 e. The maximum atomic E-state index is 11.6. The van der Waals surface area contributed by atoms with Crippen LogP contribution in [0.1, 0.15) is 30.3 Å². The first kappa shape index (κ1) is 11.9. The molecule has 1 fully saturated rings. The lowest BCUT2D eigenvalue weighted by atomic mass is 10.1. The summed E-state index contributed by atoms with van der Waals surface area (Å²) in [4.78, 5) is 25.6. The minimum absolute atomic E-state index is 0.0530. The molecule has 1 aliphatic heterocycles. The third-order valence-corrected chi connectivity index (χ3v) is 3.45. The quantitative estimate of drug-likeness (QED) is 0.890. The topological polar surface area (TPSA) is 61.9 Å². The van der Waals surface area contributed by atoms with E-state index >= 15 is 0 Å². The second-order valence-electron chi connectivity index (χ2n) is 4.87. The van der Waals surface area contributed by atoms with Gasteiger partial charge in [0.25, 0.3) is 0 Å². The van der Waals surface area contributed by atoms with E-state index in [1.165, 1.54) is 0 Å². The van der Waals surface area contributed by atoms with Crippen molar-refractivity contribution in [1.29, 1.82) is 0 Å². The van der Waals surface area contributed by atoms with Crippen molar-refractivity contribution in [3.8, 4) is 0 Å². The van der Waals surface area contributed by atoms with E-state index in [1.807, 2.05) is 6.92 Å². The molecule has 0 aromatic carbocycles. The number of nitrogens with zero attached hydrogens (tertiary/aromatic N) is 3. The molecule has 0 bridgehead atoms. The number of hydrogen-bond donors (Lipinski definition) is 1. The SMILES string of the molecule is Cc1cc(=O)cc(C2CCCN2c2cnccn2)[nH]1. The van der Waals surface area contributed by atoms with Crippen LogP contribution in [0.3, 0.4) is 0 Å². The predicted octanol–water partition coefficient (Wildman–Crippen LogP) is 1.81. The number of H-pyrrole nitrogens is 1. The highest BCUT2D eigenvalue weighted by atomic mass is 16.1. The summed E-state index contributed by atoms with van der Waals surface area (Å²) in [5.41, 5.74) is 1.92. The van der Waals surface area contributed by atoms with Crippen LogP contribution >= 0.6 is 0 Å². The van der Waals surface area contributed by atoms with Crippen molar-refractivity contribution < 1.29 is 0 Å². The lowest BCUT2D eigenvalue weighted by molar-refractivity contribution is 0.682. The molecule has 2 aromatic rings. The van der Waals surface area contributed by atoms with Crippen molar-refractivity contribution in [3.05, 3.63) is 52.3 Å². The lowest BCUT2D eigenvalue weighted by Crippen LogP contribution is -2.25. The van der Waals surface area contributed by atoms with Crippen molar-refractivity contribution in [2.45, 2.75) is 25.8 Å². The zero-order valence-corrected chi connectivity index (χ0v) is 10.8. The zero-order chi connectivity index (χ0) is 13.2. The fourth-order valence-electron chi connectivity index (χ4n) is 2.69. The molecule has 1 saturated heterocycles. The monoisotopic (exact) mass is 256 g/mol. The molecule has 0 saturated carbocycles. The number of anilines is 1. The normalized spacial score (nSPS) is 18.8. The van der Waals surface area contributed by atoms with Crippen LogP contribution in [0, 0.1) is 6.92 Å². The van der Waals surface area contributed by atoms with Gasteiger partial charge in [0.15, 0.2) is 5.43 Å². The molecule has 1 unspecified atom stereocenters. The molecule has 5 heteroatoms. The smallest absolute Gasteiger partial charge is 0.182 e. The standard InChI is InChI=1S/C14H16N4O/c1-10-7-11(19)8-12(17-10)13-3-2-6-18(13)14-9-15-4-5-16-14/h4-5,7-9,13H,2-3,6H2,1H3,(H,17,19). The number of nitrogens with one attached hydrogen (secondary N) is 1. The Morgan fingerprint density at radius 1 is 1.37 bits per heavy atom. The number of aryl methyl sites for hydroxylation is 1. The van der Waals surface area contributed by atoms with Gasteiger partial charge in [0.2, 0.25) is 0 Å². The molecule has 5 nitrogen and oxygen atoms in total. The molecule has 98 valence electrons. The minimum atomic E-state index is 0.0530. The summed E-state index contributed by atoms with van der Waals surface area (Å²) >= 11 is 0. The fraction of sp³-hybridized carbons (Fsp3) is 0.357. The summed E-state index contributed by atoms with van der Waals surface area (Å²) in [6, 6.07) is 3.49. The van der Waals surface area contributed by atoms with E-state index in [4.69, 9.17) is 0 Å². The van der Waals surface area contributed by atoms with Crippen molar-refractivity contribution in [3.63, 3.8) is 0 Å². The summed E-state index contributed by atoms with van der Waals surface area (Å²) in [6.45, 7) is 2.85. The lowest BCUT2D eigenvalue weighted by Gasteiger charge is -2.25. The van der Waals surface area contributed by atoms with Gasteiger partial charge in [0.1, 0.15) is 5.82 Å². The van der Waals surface area contributed by atoms with Crippen molar-refractivity contribution >= 4 is 5.82 Å². The predicted molar refractivity (Wildman–Crippen MR) is 73.2 cm³/mol. The largest absolute Gasteiger partial charge is 0.361 e. The Balaban J connectivity index is 1.97. The molecular weight excluding hydrogens is 240 g/mol. The average Bonchev–Trinajstić information content (AvgIpc) is 2.88. The van der Waals surface area contributed by atoms with Crippen LogP contribution in [0.25, 0.3) is 0 Å². The van der Waals surface area contributed by atoms with Crippen LogP contribution in [0.4, 0.5) is 5.82 Å². The first-order valence-electron chi connectivity index (χ1n) is 6.47. The molecule has 0 radical (unpaired) electrons. The molecule has 0 spiro atoms. The van der Waals surface area contributed by atoms with E-state index in [1.54, 1.807) is 30.7 Å². The van der Waals surface area contributed by atoms with Gasteiger partial charge in [0, 0.05) is 42.5 Å². The van der Waals surface area contributed by atoms with Gasteiger partial charge in [-0.15, -0.1) is 0 Å². The van der Waals surface area contributed by atoms with Crippen molar-refractivity contribution in [2.24, 2.45) is 0 Å². The van der Waals surface area contributed by atoms with Gasteiger partial charge in [-0.3, -0.25) is 9.78 Å². The van der Waals surface area contributed by atoms with E-state index in [0.717, 1.165) is 36.6 Å². The van der Waals surface area contributed by atoms with E-state index in [2.05, 4.69) is 19.9 Å². The third kappa shape index (κ3) is 2.36. The highest BCUT2D eigenvalue weighted by Crippen LogP contribution is 2.33. The first-order chi connectivity index (χ1) is 9.24. The zero-order valence-electron chi connectivity index (χ0n) is 10.8. The van der Waals surface area contributed by atoms with Gasteiger partial charge in [-0.2, -0.15) is 0 Å². The van der Waals surface area contributed by atoms with Crippen LogP contribution < -0.4 is 10.3 Å². The molecule has 2 aromatic heterocycles. The fourth-order valence-corrected chi connectivity index (χ4v) is 2.69. The van der Waals surface area contributed by atoms with Crippen molar-refractivity contribution in [2.75, 3.05) is 11.4 Å². The van der Waals surface area contributed by atoms with Gasteiger partial charge in [-0.1, -0.05) is 0 Å². The third-order valence-electron chi connectivity index (χ3n) is 3.45. The van der Waals surface area contributed by atoms with Gasteiger partial charge in [-0.25, -0.2) is 4.98 Å². The summed E-state index contributed by atoms with van der Waals surface area (Å²) in [7, 11) is 0. The summed E-state index contributed by atoms with van der Waals surface area (Å²) in [5, 5.41) is 0. The Morgan fingerprint density at radius 3 is 3.00 bits per heavy atom. The highest BCUT2D eigenvalue weighted by molar-refractivity contribution is 5.40. The van der Waals surface area contributed by atoms with Crippen LogP contribution in [-0.2, 0) is 0 Å². The van der Waals surface area contributed by atoms with E-state index in [0.29, 0.717) is 0 Å². The Morgan fingerprint density at radius 2 is 2.26 bits per heavy atom. The van der Waals surface area contributed by atoms with Gasteiger partial charge in [0.05, 0.1) is 12.2 Å². The van der Waals surface area contributed by atoms with Gasteiger partial charge >= 0.3 is 0 Å². The van der Waals surface area contributed by atoms with Crippen LogP contribution in [0.15, 0.2) is 35.5 Å².